The zero-order valence-corrected chi connectivity index (χ0v) is 18.0. The van der Waals surface area contributed by atoms with Gasteiger partial charge in [-0.05, 0) is 25.8 Å². The maximum Gasteiger partial charge on any atom is 0.410 e. The molecule has 1 aliphatic heterocycles. The third-order valence-corrected chi connectivity index (χ3v) is 5.42. The molecule has 0 bridgehead atoms. The van der Waals surface area contributed by atoms with Crippen LogP contribution >= 0.6 is 0 Å². The van der Waals surface area contributed by atoms with Crippen molar-refractivity contribution in [1.82, 2.24) is 9.80 Å². The molecule has 0 aliphatic carbocycles. The van der Waals surface area contributed by atoms with Crippen LogP contribution in [0.25, 0.3) is 0 Å². The molecule has 0 N–H and O–H groups in total. The highest BCUT2D eigenvalue weighted by molar-refractivity contribution is 5.69. The first kappa shape index (κ1) is 23.3. The van der Waals surface area contributed by atoms with Gasteiger partial charge < -0.3 is 14.5 Å². The van der Waals surface area contributed by atoms with Gasteiger partial charge in [-0.2, -0.15) is 0 Å². The van der Waals surface area contributed by atoms with Crippen LogP contribution in [0, 0.1) is 5.92 Å². The number of nitrogens with zero attached hydrogens (tertiary/aromatic N) is 2. The Balaban J connectivity index is 2.13. The summed E-state index contributed by atoms with van der Waals surface area (Å²) in [6, 6.07) is 0. The van der Waals surface area contributed by atoms with Crippen molar-refractivity contribution in [3.8, 4) is 0 Å². The molecule has 1 amide bonds. The van der Waals surface area contributed by atoms with Crippen molar-refractivity contribution in [3.05, 3.63) is 0 Å². The smallest absolute Gasteiger partial charge is 0.410 e. The molecule has 1 heterocycles. The summed E-state index contributed by atoms with van der Waals surface area (Å²) in [6.07, 6.45) is 14.2. The van der Waals surface area contributed by atoms with Gasteiger partial charge in [0.05, 0.1) is 6.54 Å². The van der Waals surface area contributed by atoms with E-state index in [2.05, 4.69) is 32.7 Å². The second-order valence-electron chi connectivity index (χ2n) is 8.40. The molecule has 1 fully saturated rings. The van der Waals surface area contributed by atoms with Gasteiger partial charge in [-0.25, -0.2) is 4.79 Å². The molecule has 4 nitrogen and oxygen atoms in total. The summed E-state index contributed by atoms with van der Waals surface area (Å²) in [5.41, 5.74) is 0. The molecule has 4 heteroatoms. The van der Waals surface area contributed by atoms with Gasteiger partial charge >= 0.3 is 6.09 Å². The molecule has 1 saturated heterocycles. The van der Waals surface area contributed by atoms with E-state index in [9.17, 15) is 4.79 Å². The average Bonchev–Trinajstić information content (AvgIpc) is 2.93. The lowest BCUT2D eigenvalue weighted by molar-refractivity contribution is 0.109. The van der Waals surface area contributed by atoms with Gasteiger partial charge in [0.25, 0.3) is 0 Å². The molecule has 0 saturated carbocycles. The largest absolute Gasteiger partial charge is 0.443 e. The third kappa shape index (κ3) is 10.4. The van der Waals surface area contributed by atoms with Crippen LogP contribution < -0.4 is 0 Å². The van der Waals surface area contributed by atoms with Crippen LogP contribution in [0.1, 0.15) is 91.4 Å². The van der Waals surface area contributed by atoms with Gasteiger partial charge in [0.15, 0.2) is 0 Å². The van der Waals surface area contributed by atoms with Crippen molar-refractivity contribution < 1.29 is 9.53 Å². The summed E-state index contributed by atoms with van der Waals surface area (Å²) in [7, 11) is 2.16. The molecular weight excluding hydrogens is 324 g/mol. The molecule has 1 aliphatic rings. The van der Waals surface area contributed by atoms with Gasteiger partial charge in [0.2, 0.25) is 0 Å². The Labute approximate surface area is 162 Å². The minimum atomic E-state index is -0.106. The lowest BCUT2D eigenvalue weighted by Crippen LogP contribution is -2.35. The highest BCUT2D eigenvalue weighted by Gasteiger charge is 2.31. The number of carbonyl (C=O) groups excluding carboxylic acids is 1. The number of amides is 1. The zero-order chi connectivity index (χ0) is 19.2. The van der Waals surface area contributed by atoms with Crippen molar-refractivity contribution in [1.29, 1.82) is 0 Å². The normalized spacial score (nSPS) is 18.6. The zero-order valence-electron chi connectivity index (χ0n) is 18.0. The molecule has 0 aromatic rings. The second-order valence-corrected chi connectivity index (χ2v) is 8.40. The number of unbranched alkanes of at least 4 members (excludes halogenated alkanes) is 8. The number of hydrogen-bond donors (Lipinski definition) is 0. The lowest BCUT2D eigenvalue weighted by Gasteiger charge is -2.23. The molecule has 26 heavy (non-hydrogen) atoms. The predicted molar refractivity (Wildman–Crippen MR) is 111 cm³/mol. The van der Waals surface area contributed by atoms with Crippen LogP contribution in [0.2, 0.25) is 0 Å². The summed E-state index contributed by atoms with van der Waals surface area (Å²) in [5, 5.41) is 0. The summed E-state index contributed by atoms with van der Waals surface area (Å²) in [4.78, 5) is 16.3. The summed E-state index contributed by atoms with van der Waals surface area (Å²) in [6.45, 7) is 10.4. The van der Waals surface area contributed by atoms with Crippen LogP contribution in [0.4, 0.5) is 4.79 Å². The SMILES string of the molecule is CCCCCCCCCN1C[C@H](CN(C)CC(C)CCCCC)OC1=O. The maximum absolute atomic E-state index is 12.1. The van der Waals surface area contributed by atoms with Crippen LogP contribution in [0.3, 0.4) is 0 Å². The fraction of sp³-hybridized carbons (Fsp3) is 0.955. The Morgan fingerprint density at radius 2 is 1.65 bits per heavy atom. The molecule has 0 aromatic carbocycles. The Kier molecular flexibility index (Phi) is 12.8. The molecule has 154 valence electrons. The van der Waals surface area contributed by atoms with Gasteiger partial charge in [0, 0.05) is 19.6 Å². The number of carbonyl (C=O) groups is 1. The van der Waals surface area contributed by atoms with E-state index in [0.29, 0.717) is 5.92 Å². The van der Waals surface area contributed by atoms with Gasteiger partial charge in [-0.1, -0.05) is 78.6 Å². The fourth-order valence-corrected chi connectivity index (χ4v) is 3.90. The number of ether oxygens (including phenoxy) is 1. The topological polar surface area (TPSA) is 32.8 Å². The molecule has 0 aromatic heterocycles. The first-order valence-corrected chi connectivity index (χ1v) is 11.2. The minimum Gasteiger partial charge on any atom is -0.443 e. The Hall–Kier alpha value is -0.770. The van der Waals surface area contributed by atoms with Gasteiger partial charge in [0.1, 0.15) is 6.10 Å². The van der Waals surface area contributed by atoms with Gasteiger partial charge in [-0.3, -0.25) is 0 Å². The molecular formula is C22H44N2O2. The van der Waals surface area contributed by atoms with Crippen LogP contribution in [0.15, 0.2) is 0 Å². The molecule has 0 radical (unpaired) electrons. The van der Waals surface area contributed by atoms with E-state index >= 15 is 0 Å². The first-order valence-electron chi connectivity index (χ1n) is 11.2. The number of cyclic esters (lactones) is 1. The monoisotopic (exact) mass is 368 g/mol. The van der Waals surface area contributed by atoms with E-state index < -0.39 is 0 Å². The number of hydrogen-bond acceptors (Lipinski definition) is 3. The fourth-order valence-electron chi connectivity index (χ4n) is 3.90. The Bertz CT molecular complexity index is 362. The maximum atomic E-state index is 12.1. The second kappa shape index (κ2) is 14.3. The van der Waals surface area contributed by atoms with E-state index in [1.54, 1.807) is 0 Å². The van der Waals surface area contributed by atoms with E-state index in [1.165, 1.54) is 64.2 Å². The first-order chi connectivity index (χ1) is 12.6. The predicted octanol–water partition coefficient (Wildman–Crippen LogP) is 5.71. The van der Waals surface area contributed by atoms with Crippen molar-refractivity contribution >= 4 is 6.09 Å². The van der Waals surface area contributed by atoms with Crippen molar-refractivity contribution in [2.45, 2.75) is 97.5 Å². The molecule has 1 rings (SSSR count). The van der Waals surface area contributed by atoms with E-state index in [-0.39, 0.29) is 12.2 Å². The van der Waals surface area contributed by atoms with Crippen molar-refractivity contribution in [3.63, 3.8) is 0 Å². The van der Waals surface area contributed by atoms with Crippen molar-refractivity contribution in [2.75, 3.05) is 33.2 Å². The van der Waals surface area contributed by atoms with Crippen LogP contribution in [-0.2, 0) is 4.74 Å². The van der Waals surface area contributed by atoms with Gasteiger partial charge in [-0.15, -0.1) is 0 Å². The van der Waals surface area contributed by atoms with E-state index in [0.717, 1.165) is 32.6 Å². The third-order valence-electron chi connectivity index (χ3n) is 5.42. The van der Waals surface area contributed by atoms with E-state index in [1.807, 2.05) is 4.90 Å². The average molecular weight is 369 g/mol. The summed E-state index contributed by atoms with van der Waals surface area (Å²) in [5.74, 6) is 0.715. The highest BCUT2D eigenvalue weighted by atomic mass is 16.6. The van der Waals surface area contributed by atoms with Crippen LogP contribution in [-0.4, -0.2) is 55.2 Å². The number of rotatable bonds is 16. The molecule has 0 spiro atoms. The Morgan fingerprint density at radius 1 is 1.04 bits per heavy atom. The standard InChI is InChI=1S/C22H44N2O2/c1-5-7-9-10-11-12-14-16-24-19-21(26-22(24)25)18-23(4)17-20(3)15-13-8-6-2/h20-21H,5-19H2,1-4H3/t20?,21-/m0/s1. The summed E-state index contributed by atoms with van der Waals surface area (Å²) < 4.78 is 5.58. The summed E-state index contributed by atoms with van der Waals surface area (Å²) >= 11 is 0. The minimum absolute atomic E-state index is 0.0416. The molecule has 1 unspecified atom stereocenters. The van der Waals surface area contributed by atoms with Crippen LogP contribution in [0.5, 0.6) is 0 Å². The number of likely N-dealkylation sites (N-methyl/N-ethyl adjacent to an activating group) is 1. The van der Waals surface area contributed by atoms with Crippen molar-refractivity contribution in [2.24, 2.45) is 5.92 Å². The quantitative estimate of drug-likeness (QED) is 0.327. The molecule has 2 atom stereocenters. The highest BCUT2D eigenvalue weighted by Crippen LogP contribution is 2.16. The lowest BCUT2D eigenvalue weighted by atomic mass is 10.0. The Morgan fingerprint density at radius 3 is 2.35 bits per heavy atom. The van der Waals surface area contributed by atoms with E-state index in [4.69, 9.17) is 4.74 Å².